The highest BCUT2D eigenvalue weighted by molar-refractivity contribution is 5.94. The molecule has 0 spiro atoms. The van der Waals surface area contributed by atoms with Crippen LogP contribution in [0.5, 0.6) is 0 Å². The van der Waals surface area contributed by atoms with Gasteiger partial charge in [0.2, 0.25) is 5.78 Å². The minimum atomic E-state index is -0.107. The molecule has 0 aliphatic rings. The molecular formula is C9H12O3. The Morgan fingerprint density at radius 1 is 1.58 bits per heavy atom. The molecule has 0 aliphatic carbocycles. The van der Waals surface area contributed by atoms with Gasteiger partial charge in [-0.15, -0.1) is 0 Å². The molecule has 0 saturated heterocycles. The predicted octanol–water partition coefficient (Wildman–Crippen LogP) is 1.81. The summed E-state index contributed by atoms with van der Waals surface area (Å²) < 4.78 is 10.1. The molecule has 1 aromatic heterocycles. The Kier molecular flexibility index (Phi) is 3.05. The van der Waals surface area contributed by atoms with Gasteiger partial charge >= 0.3 is 0 Å². The summed E-state index contributed by atoms with van der Waals surface area (Å²) in [5, 5.41) is 0. The number of furan rings is 1. The maximum atomic E-state index is 11.2. The number of ether oxygens (including phenoxy) is 1. The third-order valence-corrected chi connectivity index (χ3v) is 1.45. The van der Waals surface area contributed by atoms with Gasteiger partial charge in [0.15, 0.2) is 5.76 Å². The average molecular weight is 168 g/mol. The van der Waals surface area contributed by atoms with Gasteiger partial charge in [0.1, 0.15) is 12.4 Å². The van der Waals surface area contributed by atoms with Crippen molar-refractivity contribution in [1.82, 2.24) is 0 Å². The van der Waals surface area contributed by atoms with E-state index in [-0.39, 0.29) is 12.4 Å². The number of hydrogen-bond donors (Lipinski definition) is 0. The van der Waals surface area contributed by atoms with E-state index in [2.05, 4.69) is 0 Å². The molecule has 0 aromatic carbocycles. The van der Waals surface area contributed by atoms with Gasteiger partial charge in [0, 0.05) is 6.61 Å². The Balaban J connectivity index is 2.53. The Bertz CT molecular complexity index is 262. The lowest BCUT2D eigenvalue weighted by atomic mass is 10.3. The number of Topliss-reactive ketones (excluding diaryl/α,β-unsaturated/α-hetero) is 1. The molecule has 0 atom stereocenters. The molecule has 0 fully saturated rings. The van der Waals surface area contributed by atoms with Crippen molar-refractivity contribution in [1.29, 1.82) is 0 Å². The second-order valence-electron chi connectivity index (χ2n) is 2.47. The van der Waals surface area contributed by atoms with E-state index >= 15 is 0 Å². The van der Waals surface area contributed by atoms with Crippen molar-refractivity contribution < 1.29 is 13.9 Å². The standard InChI is InChI=1S/C9H12O3/c1-3-11-6-8(10)9-5-4-7(2)12-9/h4-5H,3,6H2,1-2H3. The van der Waals surface area contributed by atoms with Crippen molar-refractivity contribution >= 4 is 5.78 Å². The fourth-order valence-electron chi connectivity index (χ4n) is 0.850. The summed E-state index contributed by atoms with van der Waals surface area (Å²) in [6.45, 7) is 4.30. The van der Waals surface area contributed by atoms with E-state index in [9.17, 15) is 4.79 Å². The molecule has 0 amide bonds. The molecular weight excluding hydrogens is 156 g/mol. The molecule has 3 nitrogen and oxygen atoms in total. The van der Waals surface area contributed by atoms with Crippen LogP contribution in [0.4, 0.5) is 0 Å². The van der Waals surface area contributed by atoms with Crippen LogP contribution in [0.2, 0.25) is 0 Å². The van der Waals surface area contributed by atoms with Crippen molar-refractivity contribution in [3.05, 3.63) is 23.7 Å². The van der Waals surface area contributed by atoms with Crippen LogP contribution in [0.1, 0.15) is 23.2 Å². The van der Waals surface area contributed by atoms with Crippen LogP contribution in [0, 0.1) is 6.92 Å². The number of ketones is 1. The highest BCUT2D eigenvalue weighted by Crippen LogP contribution is 2.06. The molecule has 1 rings (SSSR count). The van der Waals surface area contributed by atoms with E-state index in [1.807, 2.05) is 6.92 Å². The second kappa shape index (κ2) is 4.07. The van der Waals surface area contributed by atoms with Crippen molar-refractivity contribution in [2.75, 3.05) is 13.2 Å². The zero-order chi connectivity index (χ0) is 8.97. The largest absolute Gasteiger partial charge is 0.458 e. The van der Waals surface area contributed by atoms with Crippen LogP contribution in [0.3, 0.4) is 0 Å². The van der Waals surface area contributed by atoms with E-state index in [0.717, 1.165) is 5.76 Å². The number of aryl methyl sites for hydroxylation is 1. The molecule has 0 N–H and O–H groups in total. The van der Waals surface area contributed by atoms with Crippen LogP contribution in [-0.2, 0) is 4.74 Å². The number of rotatable bonds is 4. The van der Waals surface area contributed by atoms with E-state index in [4.69, 9.17) is 9.15 Å². The maximum Gasteiger partial charge on any atom is 0.223 e. The lowest BCUT2D eigenvalue weighted by Crippen LogP contribution is -2.07. The summed E-state index contributed by atoms with van der Waals surface area (Å²) in [6, 6.07) is 3.43. The molecule has 0 bridgehead atoms. The average Bonchev–Trinajstić information content (AvgIpc) is 2.47. The highest BCUT2D eigenvalue weighted by Gasteiger charge is 2.08. The topological polar surface area (TPSA) is 39.4 Å². The smallest absolute Gasteiger partial charge is 0.223 e. The first-order valence-electron chi connectivity index (χ1n) is 3.91. The van der Waals surface area contributed by atoms with Crippen LogP contribution in [0.15, 0.2) is 16.5 Å². The lowest BCUT2D eigenvalue weighted by Gasteiger charge is -1.96. The van der Waals surface area contributed by atoms with Crippen LogP contribution < -0.4 is 0 Å². The minimum absolute atomic E-state index is 0.101. The molecule has 0 radical (unpaired) electrons. The zero-order valence-electron chi connectivity index (χ0n) is 7.29. The van der Waals surface area contributed by atoms with E-state index < -0.39 is 0 Å². The van der Waals surface area contributed by atoms with E-state index in [1.165, 1.54) is 0 Å². The fraction of sp³-hybridized carbons (Fsp3) is 0.444. The Morgan fingerprint density at radius 2 is 2.33 bits per heavy atom. The summed E-state index contributed by atoms with van der Waals surface area (Å²) >= 11 is 0. The summed E-state index contributed by atoms with van der Waals surface area (Å²) in [6.07, 6.45) is 0. The quantitative estimate of drug-likeness (QED) is 0.643. The molecule has 0 saturated carbocycles. The van der Waals surface area contributed by atoms with Gasteiger partial charge in [-0.25, -0.2) is 0 Å². The van der Waals surface area contributed by atoms with Crippen LogP contribution in [0.25, 0.3) is 0 Å². The number of hydrogen-bond acceptors (Lipinski definition) is 3. The fourth-order valence-corrected chi connectivity index (χ4v) is 0.850. The third-order valence-electron chi connectivity index (χ3n) is 1.45. The lowest BCUT2D eigenvalue weighted by molar-refractivity contribution is 0.0755. The highest BCUT2D eigenvalue weighted by atomic mass is 16.5. The van der Waals surface area contributed by atoms with Crippen molar-refractivity contribution in [2.24, 2.45) is 0 Å². The summed E-state index contributed by atoms with van der Waals surface area (Å²) in [4.78, 5) is 11.2. The van der Waals surface area contributed by atoms with Gasteiger partial charge in [-0.05, 0) is 26.0 Å². The molecule has 12 heavy (non-hydrogen) atoms. The van der Waals surface area contributed by atoms with Crippen LogP contribution >= 0.6 is 0 Å². The first kappa shape index (κ1) is 9.00. The second-order valence-corrected chi connectivity index (χ2v) is 2.47. The molecule has 1 aromatic rings. The molecule has 3 heteroatoms. The summed E-state index contributed by atoms with van der Waals surface area (Å²) in [5.41, 5.74) is 0. The predicted molar refractivity (Wildman–Crippen MR) is 44.3 cm³/mol. The first-order chi connectivity index (χ1) is 5.74. The van der Waals surface area contributed by atoms with Crippen molar-refractivity contribution in [3.63, 3.8) is 0 Å². The van der Waals surface area contributed by atoms with Crippen molar-refractivity contribution in [3.8, 4) is 0 Å². The maximum absolute atomic E-state index is 11.2. The van der Waals surface area contributed by atoms with Gasteiger partial charge in [0.25, 0.3) is 0 Å². The molecule has 1 heterocycles. The summed E-state index contributed by atoms with van der Waals surface area (Å²) in [7, 11) is 0. The third kappa shape index (κ3) is 2.20. The minimum Gasteiger partial charge on any atom is -0.458 e. The SMILES string of the molecule is CCOCC(=O)c1ccc(C)o1. The van der Waals surface area contributed by atoms with Gasteiger partial charge in [-0.1, -0.05) is 0 Å². The molecule has 0 aliphatic heterocycles. The normalized spacial score (nSPS) is 10.2. The zero-order valence-corrected chi connectivity index (χ0v) is 7.29. The van der Waals surface area contributed by atoms with E-state index in [1.54, 1.807) is 19.1 Å². The van der Waals surface area contributed by atoms with Gasteiger partial charge < -0.3 is 9.15 Å². The van der Waals surface area contributed by atoms with Crippen LogP contribution in [-0.4, -0.2) is 19.0 Å². The van der Waals surface area contributed by atoms with Gasteiger partial charge in [-0.3, -0.25) is 4.79 Å². The van der Waals surface area contributed by atoms with Gasteiger partial charge in [0.05, 0.1) is 0 Å². The Labute approximate surface area is 71.3 Å². The Morgan fingerprint density at radius 3 is 2.83 bits per heavy atom. The number of carbonyl (C=O) groups excluding carboxylic acids is 1. The monoisotopic (exact) mass is 168 g/mol. The number of carbonyl (C=O) groups is 1. The van der Waals surface area contributed by atoms with Crippen molar-refractivity contribution in [2.45, 2.75) is 13.8 Å². The molecule has 0 unspecified atom stereocenters. The van der Waals surface area contributed by atoms with Gasteiger partial charge in [-0.2, -0.15) is 0 Å². The van der Waals surface area contributed by atoms with E-state index in [0.29, 0.717) is 12.4 Å². The molecule has 66 valence electrons. The summed E-state index contributed by atoms with van der Waals surface area (Å²) in [5.74, 6) is 1.01. The first-order valence-corrected chi connectivity index (χ1v) is 3.91. The Hall–Kier alpha value is -1.09.